The number of amides is 1. The second kappa shape index (κ2) is 39.3. The Labute approximate surface area is 319 Å². The molecule has 0 bridgehead atoms. The fourth-order valence-corrected chi connectivity index (χ4v) is 5.82. The van der Waals surface area contributed by atoms with Gasteiger partial charge in [-0.05, 0) is 103 Å². The van der Waals surface area contributed by atoms with Crippen LogP contribution in [0.2, 0.25) is 0 Å². The summed E-state index contributed by atoms with van der Waals surface area (Å²) in [6, 6.07) is -0.877. The Morgan fingerprint density at radius 1 is 0.577 bits per heavy atom. The predicted molar refractivity (Wildman–Crippen MR) is 220 cm³/mol. The Hall–Kier alpha value is -2.93. The molecule has 2 atom stereocenters. The highest BCUT2D eigenvalue weighted by Crippen LogP contribution is 2.15. The van der Waals surface area contributed by atoms with E-state index in [-0.39, 0.29) is 18.0 Å². The molecule has 298 valence electrons. The number of unbranched alkanes of at least 4 members (excludes halogenated alkanes) is 15. The van der Waals surface area contributed by atoms with E-state index in [0.717, 1.165) is 83.5 Å². The van der Waals surface area contributed by atoms with Crippen LogP contribution in [0.5, 0.6) is 0 Å². The van der Waals surface area contributed by atoms with E-state index in [1.807, 2.05) is 6.08 Å². The first-order valence-corrected chi connectivity index (χ1v) is 21.1. The average Bonchev–Trinajstić information content (AvgIpc) is 3.13. The molecule has 0 radical (unpaired) electrons. The van der Waals surface area contributed by atoms with Gasteiger partial charge in [-0.15, -0.1) is 0 Å². The first kappa shape index (κ1) is 49.1. The SMILES string of the molecule is CCC/C=C\C/C=C\C(CCCCCCC(=O)NC(CCCN)C(=O)O)OC(=O)CCCCCCCC/C=C\C/C=C\C/C=C\CCCCCCC. The minimum absolute atomic E-state index is 0.122. The molecule has 0 spiro atoms. The summed E-state index contributed by atoms with van der Waals surface area (Å²) in [5, 5.41) is 11.9. The number of aliphatic carboxylic acids is 1. The molecule has 0 saturated carbocycles. The van der Waals surface area contributed by atoms with Gasteiger partial charge in [0.1, 0.15) is 12.1 Å². The standard InChI is InChI=1S/C45H78N2O5/c1-3-5-7-9-11-12-13-14-15-16-17-18-19-20-21-22-23-24-25-27-33-39-44(49)52-41(35-30-26-10-8-6-4-2)36-31-28-29-32-38-43(48)47-42(45(50)51)37-34-40-46/h8,10,13-14,16-17,19-20,30,35,41-42H,3-7,9,11-12,15,18,21-29,31-34,36-40,46H2,1-2H3,(H,47,48)(H,50,51)/b10-8-,14-13-,17-16-,20-19-,35-30-. The van der Waals surface area contributed by atoms with E-state index in [0.29, 0.717) is 38.6 Å². The maximum atomic E-state index is 12.7. The lowest BCUT2D eigenvalue weighted by atomic mass is 10.1. The third-order valence-electron chi connectivity index (χ3n) is 9.02. The van der Waals surface area contributed by atoms with Crippen molar-refractivity contribution in [3.63, 3.8) is 0 Å². The van der Waals surface area contributed by atoms with Crippen LogP contribution in [0.15, 0.2) is 60.8 Å². The van der Waals surface area contributed by atoms with Gasteiger partial charge in [0.2, 0.25) is 5.91 Å². The Morgan fingerprint density at radius 3 is 1.69 bits per heavy atom. The molecular formula is C45H78N2O5. The van der Waals surface area contributed by atoms with Gasteiger partial charge in [0.25, 0.3) is 0 Å². The van der Waals surface area contributed by atoms with Gasteiger partial charge in [-0.1, -0.05) is 139 Å². The van der Waals surface area contributed by atoms with E-state index < -0.39 is 12.0 Å². The van der Waals surface area contributed by atoms with Crippen LogP contribution in [0.25, 0.3) is 0 Å². The van der Waals surface area contributed by atoms with Crippen molar-refractivity contribution in [1.82, 2.24) is 5.32 Å². The summed E-state index contributed by atoms with van der Waals surface area (Å²) in [5.41, 5.74) is 5.47. The van der Waals surface area contributed by atoms with Gasteiger partial charge in [0, 0.05) is 12.8 Å². The number of hydrogen-bond acceptors (Lipinski definition) is 5. The number of carbonyl (C=O) groups is 3. The third kappa shape index (κ3) is 35.5. The Bertz CT molecular complexity index is 1000. The van der Waals surface area contributed by atoms with Crippen LogP contribution in [0.4, 0.5) is 0 Å². The molecule has 52 heavy (non-hydrogen) atoms. The molecule has 0 rings (SSSR count). The Kier molecular flexibility index (Phi) is 37.1. The molecule has 0 fully saturated rings. The summed E-state index contributed by atoms with van der Waals surface area (Å²) in [5.74, 6) is -1.38. The second-order valence-electron chi connectivity index (χ2n) is 14.0. The minimum Gasteiger partial charge on any atom is -0.480 e. The number of carboxylic acid groups (broad SMARTS) is 1. The zero-order valence-electron chi connectivity index (χ0n) is 33.4. The van der Waals surface area contributed by atoms with Gasteiger partial charge in [-0.3, -0.25) is 9.59 Å². The molecule has 0 aromatic heterocycles. The van der Waals surface area contributed by atoms with E-state index in [4.69, 9.17) is 10.5 Å². The molecular weight excluding hydrogens is 649 g/mol. The van der Waals surface area contributed by atoms with E-state index in [2.05, 4.69) is 73.8 Å². The zero-order chi connectivity index (χ0) is 38.2. The number of hydrogen-bond donors (Lipinski definition) is 3. The van der Waals surface area contributed by atoms with E-state index in [9.17, 15) is 19.5 Å². The predicted octanol–water partition coefficient (Wildman–Crippen LogP) is 11.8. The lowest BCUT2D eigenvalue weighted by Gasteiger charge is -2.15. The normalized spacial score (nSPS) is 13.3. The van der Waals surface area contributed by atoms with E-state index in [1.165, 1.54) is 57.8 Å². The smallest absolute Gasteiger partial charge is 0.326 e. The van der Waals surface area contributed by atoms with Crippen molar-refractivity contribution >= 4 is 17.8 Å². The third-order valence-corrected chi connectivity index (χ3v) is 9.02. The molecule has 0 saturated heterocycles. The molecule has 7 heteroatoms. The van der Waals surface area contributed by atoms with Crippen LogP contribution >= 0.6 is 0 Å². The highest BCUT2D eigenvalue weighted by Gasteiger charge is 2.19. The summed E-state index contributed by atoms with van der Waals surface area (Å²) in [4.78, 5) is 36.2. The van der Waals surface area contributed by atoms with Crippen LogP contribution in [0.1, 0.15) is 187 Å². The van der Waals surface area contributed by atoms with Crippen molar-refractivity contribution in [2.24, 2.45) is 5.73 Å². The highest BCUT2D eigenvalue weighted by atomic mass is 16.5. The molecule has 7 nitrogen and oxygen atoms in total. The summed E-state index contributed by atoms with van der Waals surface area (Å²) in [6.07, 6.45) is 48.7. The molecule has 2 unspecified atom stereocenters. The quantitative estimate of drug-likeness (QED) is 0.0333. The number of ether oxygens (including phenoxy) is 1. The average molecular weight is 727 g/mol. The molecule has 0 aromatic carbocycles. The van der Waals surface area contributed by atoms with Crippen LogP contribution in [-0.2, 0) is 19.1 Å². The monoisotopic (exact) mass is 727 g/mol. The largest absolute Gasteiger partial charge is 0.480 e. The van der Waals surface area contributed by atoms with Crippen molar-refractivity contribution < 1.29 is 24.2 Å². The summed E-state index contributed by atoms with van der Waals surface area (Å²) in [6.45, 7) is 4.82. The van der Waals surface area contributed by atoms with Crippen molar-refractivity contribution in [2.75, 3.05) is 6.54 Å². The van der Waals surface area contributed by atoms with Gasteiger partial charge >= 0.3 is 11.9 Å². The number of rotatable bonds is 37. The molecule has 0 aliphatic carbocycles. The first-order chi connectivity index (χ1) is 25.4. The highest BCUT2D eigenvalue weighted by molar-refractivity contribution is 5.83. The minimum atomic E-state index is -1.02. The van der Waals surface area contributed by atoms with E-state index >= 15 is 0 Å². The molecule has 0 aromatic rings. The molecule has 4 N–H and O–H groups in total. The van der Waals surface area contributed by atoms with Gasteiger partial charge in [-0.2, -0.15) is 0 Å². The number of carboxylic acids is 1. The number of esters is 1. The van der Waals surface area contributed by atoms with Crippen molar-refractivity contribution in [3.05, 3.63) is 60.8 Å². The number of carbonyl (C=O) groups excluding carboxylic acids is 2. The molecule has 0 aliphatic heterocycles. The molecule has 1 amide bonds. The Balaban J connectivity index is 4.16. The number of allylic oxidation sites excluding steroid dienone is 9. The van der Waals surface area contributed by atoms with Gasteiger partial charge < -0.3 is 20.9 Å². The summed E-state index contributed by atoms with van der Waals surface area (Å²) in [7, 11) is 0. The lowest BCUT2D eigenvalue weighted by molar-refractivity contribution is -0.147. The topological polar surface area (TPSA) is 119 Å². The first-order valence-electron chi connectivity index (χ1n) is 21.1. The van der Waals surface area contributed by atoms with Crippen molar-refractivity contribution in [2.45, 2.75) is 199 Å². The van der Waals surface area contributed by atoms with Gasteiger partial charge in [0.15, 0.2) is 0 Å². The van der Waals surface area contributed by atoms with E-state index in [1.54, 1.807) is 0 Å². The number of nitrogens with one attached hydrogen (secondary N) is 1. The zero-order valence-corrected chi connectivity index (χ0v) is 33.4. The molecule has 0 heterocycles. The second-order valence-corrected chi connectivity index (χ2v) is 14.0. The van der Waals surface area contributed by atoms with Crippen LogP contribution in [-0.4, -0.2) is 41.6 Å². The van der Waals surface area contributed by atoms with Gasteiger partial charge in [-0.25, -0.2) is 4.79 Å². The van der Waals surface area contributed by atoms with Crippen LogP contribution in [0.3, 0.4) is 0 Å². The summed E-state index contributed by atoms with van der Waals surface area (Å²) < 4.78 is 5.87. The fraction of sp³-hybridized carbons (Fsp3) is 0.711. The number of nitrogens with two attached hydrogens (primary N) is 1. The summed E-state index contributed by atoms with van der Waals surface area (Å²) >= 11 is 0. The Morgan fingerprint density at radius 2 is 1.10 bits per heavy atom. The van der Waals surface area contributed by atoms with Gasteiger partial charge in [0.05, 0.1) is 0 Å². The fourth-order valence-electron chi connectivity index (χ4n) is 5.82. The van der Waals surface area contributed by atoms with Crippen LogP contribution in [0, 0.1) is 0 Å². The maximum absolute atomic E-state index is 12.7. The van der Waals surface area contributed by atoms with Crippen molar-refractivity contribution in [1.29, 1.82) is 0 Å². The molecule has 0 aliphatic rings. The van der Waals surface area contributed by atoms with Crippen LogP contribution < -0.4 is 11.1 Å². The van der Waals surface area contributed by atoms with Crippen molar-refractivity contribution in [3.8, 4) is 0 Å². The maximum Gasteiger partial charge on any atom is 0.326 e. The lowest BCUT2D eigenvalue weighted by Crippen LogP contribution is -2.40.